The normalized spacial score (nSPS) is 23.4. The van der Waals surface area contributed by atoms with E-state index < -0.39 is 5.76 Å². The molecule has 0 radical (unpaired) electrons. The summed E-state index contributed by atoms with van der Waals surface area (Å²) < 4.78 is 6.37. The lowest BCUT2D eigenvalue weighted by atomic mass is 9.90. The van der Waals surface area contributed by atoms with E-state index in [0.717, 1.165) is 59.5 Å². The number of unbranched alkanes of at least 4 members (excludes halogenated alkanes) is 1. The minimum atomic E-state index is -0.599. The molecule has 0 spiro atoms. The van der Waals surface area contributed by atoms with E-state index in [1.54, 1.807) is 4.57 Å². The third-order valence-electron chi connectivity index (χ3n) is 10.6. The fraction of sp³-hybridized carbons (Fsp3) is 0.447. The summed E-state index contributed by atoms with van der Waals surface area (Å²) in [5.41, 5.74) is 6.38. The second kappa shape index (κ2) is 12.5. The molecule has 1 N–H and O–H groups in total. The van der Waals surface area contributed by atoms with Crippen LogP contribution in [0.2, 0.25) is 0 Å². The number of fused-ring (bicyclic) bond motifs is 1. The Kier molecular flexibility index (Phi) is 8.22. The van der Waals surface area contributed by atoms with Gasteiger partial charge in [0.05, 0.1) is 12.2 Å². The molecular formula is C38H42N4O4. The number of ketones is 1. The molecule has 2 bridgehead atoms. The predicted octanol–water partition coefficient (Wildman–Crippen LogP) is 6.69. The number of rotatable bonds is 10. The molecule has 0 saturated heterocycles. The molecule has 2 aromatic heterocycles. The molecule has 46 heavy (non-hydrogen) atoms. The summed E-state index contributed by atoms with van der Waals surface area (Å²) in [5.74, 6) is 2.96. The van der Waals surface area contributed by atoms with Gasteiger partial charge in [-0.2, -0.15) is 0 Å². The van der Waals surface area contributed by atoms with Crippen LogP contribution < -0.4 is 11.3 Å². The number of nitrogens with one attached hydrogen (secondary N) is 1. The number of carbonyl (C=O) groups is 1. The number of aryl methyl sites for hydroxylation is 2. The zero-order chi connectivity index (χ0) is 31.9. The third-order valence-corrected chi connectivity index (χ3v) is 10.6. The number of H-pyrrole nitrogens is 1. The second-order valence-electron chi connectivity index (χ2n) is 13.8. The zero-order valence-corrected chi connectivity index (χ0v) is 26.9. The monoisotopic (exact) mass is 618 g/mol. The molecule has 5 unspecified atom stereocenters. The van der Waals surface area contributed by atoms with Crippen molar-refractivity contribution in [3.05, 3.63) is 104 Å². The average Bonchev–Trinajstić information content (AvgIpc) is 3.73. The van der Waals surface area contributed by atoms with Gasteiger partial charge >= 0.3 is 5.76 Å². The summed E-state index contributed by atoms with van der Waals surface area (Å²) in [6, 6.07) is 15.8. The Morgan fingerprint density at radius 3 is 2.54 bits per heavy atom. The Morgan fingerprint density at radius 2 is 1.80 bits per heavy atom. The summed E-state index contributed by atoms with van der Waals surface area (Å²) in [6.45, 7) is 6.37. The van der Waals surface area contributed by atoms with Crippen LogP contribution in [0.3, 0.4) is 0 Å². The van der Waals surface area contributed by atoms with Crippen LogP contribution in [0.5, 0.6) is 0 Å². The van der Waals surface area contributed by atoms with Gasteiger partial charge in [0.2, 0.25) is 0 Å². The smallest absolute Gasteiger partial charge is 0.297 e. The lowest BCUT2D eigenvalue weighted by Gasteiger charge is -2.19. The van der Waals surface area contributed by atoms with Crippen LogP contribution in [-0.4, -0.2) is 25.5 Å². The van der Waals surface area contributed by atoms with Crippen LogP contribution in [0, 0.1) is 36.5 Å². The molecule has 0 amide bonds. The Bertz CT molecular complexity index is 1910. The summed E-state index contributed by atoms with van der Waals surface area (Å²) >= 11 is 0. The van der Waals surface area contributed by atoms with Crippen LogP contribution in [0.4, 0.5) is 0 Å². The van der Waals surface area contributed by atoms with Crippen molar-refractivity contribution >= 4 is 5.78 Å². The highest BCUT2D eigenvalue weighted by Gasteiger charge is 2.48. The SMILES string of the molecule is CCCCc1nc(C)n(CC(=O)C2CC3CC4CC(C)C=C2C3C4)c(=O)c1Cc1ccc(-c2ccccc2-c2noc(=O)[nH]2)cc1. The third kappa shape index (κ3) is 5.74. The minimum absolute atomic E-state index is 0.0727. The maximum absolute atomic E-state index is 14.2. The number of hydrogen-bond donors (Lipinski definition) is 1. The Balaban J connectivity index is 1.17. The van der Waals surface area contributed by atoms with Crippen molar-refractivity contribution in [2.45, 2.75) is 78.7 Å². The number of aromatic amines is 1. The van der Waals surface area contributed by atoms with Crippen molar-refractivity contribution in [3.63, 3.8) is 0 Å². The molecule has 5 atom stereocenters. The molecule has 0 aliphatic heterocycles. The molecule has 2 heterocycles. The highest BCUT2D eigenvalue weighted by atomic mass is 16.5. The van der Waals surface area contributed by atoms with Crippen LogP contribution >= 0.6 is 0 Å². The fourth-order valence-corrected chi connectivity index (χ4v) is 8.51. The van der Waals surface area contributed by atoms with E-state index in [4.69, 9.17) is 9.51 Å². The largest absolute Gasteiger partial charge is 0.439 e. The van der Waals surface area contributed by atoms with Crippen molar-refractivity contribution < 1.29 is 9.32 Å². The first kappa shape index (κ1) is 30.3. The van der Waals surface area contributed by atoms with Crippen LogP contribution in [0.25, 0.3) is 22.5 Å². The average molecular weight is 619 g/mol. The van der Waals surface area contributed by atoms with Gasteiger partial charge in [0.15, 0.2) is 11.6 Å². The van der Waals surface area contributed by atoms with Crippen molar-refractivity contribution in [3.8, 4) is 22.5 Å². The molecular weight excluding hydrogens is 576 g/mol. The lowest BCUT2D eigenvalue weighted by Crippen LogP contribution is -2.33. The molecule has 4 aromatic rings. The highest BCUT2D eigenvalue weighted by Crippen LogP contribution is 2.56. The number of allylic oxidation sites excluding steroid dienone is 2. The summed E-state index contributed by atoms with van der Waals surface area (Å²) in [5, 5.41) is 3.87. The van der Waals surface area contributed by atoms with Crippen molar-refractivity contribution in [1.82, 2.24) is 19.7 Å². The minimum Gasteiger partial charge on any atom is -0.297 e. The van der Waals surface area contributed by atoms with Gasteiger partial charge < -0.3 is 0 Å². The maximum Gasteiger partial charge on any atom is 0.439 e. The molecule has 8 nitrogen and oxygen atoms in total. The first-order valence-corrected chi connectivity index (χ1v) is 16.9. The quantitative estimate of drug-likeness (QED) is 0.198. The van der Waals surface area contributed by atoms with E-state index in [-0.39, 0.29) is 23.8 Å². The van der Waals surface area contributed by atoms with Gasteiger partial charge in [0.1, 0.15) is 5.82 Å². The molecule has 238 valence electrons. The molecule has 2 saturated carbocycles. The van der Waals surface area contributed by atoms with Crippen molar-refractivity contribution in [2.75, 3.05) is 0 Å². The zero-order valence-electron chi connectivity index (χ0n) is 26.9. The molecule has 3 aliphatic rings. The molecule has 2 fully saturated rings. The number of nitrogens with zero attached hydrogens (tertiary/aromatic N) is 3. The van der Waals surface area contributed by atoms with E-state index in [2.05, 4.69) is 30.1 Å². The number of carbonyl (C=O) groups excluding carboxylic acids is 1. The van der Waals surface area contributed by atoms with Gasteiger partial charge in [0.25, 0.3) is 5.56 Å². The molecule has 2 aromatic carbocycles. The number of hydrogen-bond acceptors (Lipinski definition) is 6. The first-order valence-electron chi connectivity index (χ1n) is 16.9. The highest BCUT2D eigenvalue weighted by molar-refractivity contribution is 5.84. The summed E-state index contributed by atoms with van der Waals surface area (Å²) in [6.07, 6.45) is 10.2. The second-order valence-corrected chi connectivity index (χ2v) is 13.8. The standard InChI is InChI=1S/C38H42N4O4/c1-4-5-10-34-33(18-24-11-13-26(14-12-24)28-8-6-7-9-29(28)36-40-38(45)46-41-36)37(44)42(23(3)39-34)21-35(43)32-20-27-17-25-15-22(2)16-31(32)30(27)19-25/h6-9,11-14,16,22,25,27,30,32H,4-5,10,15,17-21H2,1-3H3,(H,40,41,45). The van der Waals surface area contributed by atoms with Gasteiger partial charge in [-0.3, -0.25) is 23.7 Å². The van der Waals surface area contributed by atoms with Crippen molar-refractivity contribution in [1.29, 1.82) is 0 Å². The first-order chi connectivity index (χ1) is 22.3. The Labute approximate surface area is 269 Å². The maximum atomic E-state index is 14.2. The molecule has 3 aliphatic carbocycles. The van der Waals surface area contributed by atoms with Gasteiger partial charge in [-0.1, -0.05) is 85.6 Å². The van der Waals surface area contributed by atoms with Gasteiger partial charge in [-0.05, 0) is 85.8 Å². The van der Waals surface area contributed by atoms with Gasteiger partial charge in [-0.25, -0.2) is 9.78 Å². The van der Waals surface area contributed by atoms with E-state index in [9.17, 15) is 14.4 Å². The summed E-state index contributed by atoms with van der Waals surface area (Å²) in [4.78, 5) is 47.3. The predicted molar refractivity (Wildman–Crippen MR) is 177 cm³/mol. The van der Waals surface area contributed by atoms with Crippen LogP contribution in [0.1, 0.15) is 75.0 Å². The summed E-state index contributed by atoms with van der Waals surface area (Å²) in [7, 11) is 0. The number of Topliss-reactive ketones (excluding diaryl/α,β-unsaturated/α-hetero) is 1. The van der Waals surface area contributed by atoms with Crippen LogP contribution in [-0.2, 0) is 24.2 Å². The van der Waals surface area contributed by atoms with E-state index in [1.165, 1.54) is 24.8 Å². The van der Waals surface area contributed by atoms with Gasteiger partial charge in [-0.15, -0.1) is 0 Å². The fourth-order valence-electron chi connectivity index (χ4n) is 8.51. The van der Waals surface area contributed by atoms with E-state index >= 15 is 0 Å². The lowest BCUT2D eigenvalue weighted by molar-refractivity contribution is -0.122. The topological polar surface area (TPSA) is 111 Å². The number of benzene rings is 2. The molecule has 8 heteroatoms. The Hall–Kier alpha value is -4.33. The van der Waals surface area contributed by atoms with E-state index in [0.29, 0.717) is 41.4 Å². The van der Waals surface area contributed by atoms with Crippen LogP contribution in [0.15, 0.2) is 74.3 Å². The molecule has 7 rings (SSSR count). The number of aromatic nitrogens is 4. The van der Waals surface area contributed by atoms with Crippen molar-refractivity contribution in [2.24, 2.45) is 29.6 Å². The van der Waals surface area contributed by atoms with Gasteiger partial charge in [0, 0.05) is 23.5 Å². The van der Waals surface area contributed by atoms with E-state index in [1.807, 2.05) is 55.5 Å². The Morgan fingerprint density at radius 1 is 1.02 bits per heavy atom.